The summed E-state index contributed by atoms with van der Waals surface area (Å²) in [4.78, 5) is 0. The van der Waals surface area contributed by atoms with E-state index in [1.807, 2.05) is 0 Å². The van der Waals surface area contributed by atoms with E-state index in [2.05, 4.69) is 167 Å². The van der Waals surface area contributed by atoms with Crippen molar-refractivity contribution in [3.05, 3.63) is 158 Å². The van der Waals surface area contributed by atoms with Gasteiger partial charge in [0.1, 0.15) is 0 Å². The van der Waals surface area contributed by atoms with Gasteiger partial charge in [0.05, 0.1) is 27.8 Å². The summed E-state index contributed by atoms with van der Waals surface area (Å²) in [6, 6.07) is 57.8. The molecule has 0 unspecified atom stereocenters. The highest BCUT2D eigenvalue weighted by molar-refractivity contribution is 6.22. The van der Waals surface area contributed by atoms with Gasteiger partial charge in [-0.2, -0.15) is 0 Å². The predicted octanol–water partition coefficient (Wildman–Crippen LogP) is 11.3. The summed E-state index contributed by atoms with van der Waals surface area (Å²) in [5.41, 5.74) is 7.27. The Hall–Kier alpha value is -5.86. The van der Waals surface area contributed by atoms with Crippen LogP contribution in [0.15, 0.2) is 158 Å². The number of para-hydroxylation sites is 3. The van der Waals surface area contributed by atoms with Gasteiger partial charge in [-0.3, -0.25) is 0 Å². The van der Waals surface area contributed by atoms with E-state index in [0.717, 1.165) is 0 Å². The molecule has 2 aromatic heterocycles. The molecular formula is C42H26N2. The van der Waals surface area contributed by atoms with Crippen LogP contribution in [0.1, 0.15) is 0 Å². The van der Waals surface area contributed by atoms with E-state index >= 15 is 0 Å². The summed E-state index contributed by atoms with van der Waals surface area (Å²) in [6.07, 6.45) is 0. The molecule has 0 bridgehead atoms. The van der Waals surface area contributed by atoms with E-state index in [4.69, 9.17) is 0 Å². The molecule has 44 heavy (non-hydrogen) atoms. The van der Waals surface area contributed by atoms with Gasteiger partial charge < -0.3 is 9.13 Å². The Balaban J connectivity index is 1.41. The summed E-state index contributed by atoms with van der Waals surface area (Å²) in [5, 5.41) is 12.7. The van der Waals surface area contributed by atoms with Crippen molar-refractivity contribution >= 4 is 75.9 Å². The Kier molecular flexibility index (Phi) is 4.75. The Morgan fingerprint density at radius 2 is 0.795 bits per heavy atom. The van der Waals surface area contributed by atoms with Crippen molar-refractivity contribution < 1.29 is 0 Å². The third kappa shape index (κ3) is 3.14. The normalized spacial score (nSPS) is 12.1. The van der Waals surface area contributed by atoms with Gasteiger partial charge in [0.2, 0.25) is 0 Å². The topological polar surface area (TPSA) is 9.86 Å². The average Bonchev–Trinajstić information content (AvgIpc) is 3.59. The van der Waals surface area contributed by atoms with Gasteiger partial charge in [0.25, 0.3) is 0 Å². The molecule has 2 nitrogen and oxygen atoms in total. The molecule has 0 amide bonds. The van der Waals surface area contributed by atoms with Gasteiger partial charge in [0, 0.05) is 32.6 Å². The lowest BCUT2D eigenvalue weighted by Crippen LogP contribution is -1.97. The van der Waals surface area contributed by atoms with E-state index < -0.39 is 0 Å². The van der Waals surface area contributed by atoms with E-state index in [0.29, 0.717) is 0 Å². The molecule has 0 aliphatic heterocycles. The summed E-state index contributed by atoms with van der Waals surface area (Å²) in [6.45, 7) is 0. The molecule has 10 aromatic rings. The molecule has 0 aliphatic rings. The first-order chi connectivity index (χ1) is 21.8. The van der Waals surface area contributed by atoms with E-state index in [1.54, 1.807) is 0 Å². The van der Waals surface area contributed by atoms with Crippen LogP contribution in [0, 0.1) is 0 Å². The Morgan fingerprint density at radius 1 is 0.273 bits per heavy atom. The number of benzene rings is 8. The van der Waals surface area contributed by atoms with Crippen molar-refractivity contribution in [3.8, 4) is 11.4 Å². The first-order valence-electron chi connectivity index (χ1n) is 15.2. The highest BCUT2D eigenvalue weighted by Gasteiger charge is 2.20. The minimum Gasteiger partial charge on any atom is -0.309 e. The quantitative estimate of drug-likeness (QED) is 0.187. The second kappa shape index (κ2) is 8.82. The maximum absolute atomic E-state index is 2.50. The molecule has 0 spiro atoms. The molecule has 2 heterocycles. The second-order valence-electron chi connectivity index (χ2n) is 11.8. The minimum atomic E-state index is 1.18. The predicted molar refractivity (Wildman–Crippen MR) is 188 cm³/mol. The van der Waals surface area contributed by atoms with Crippen molar-refractivity contribution in [2.45, 2.75) is 0 Å². The molecule has 0 radical (unpaired) electrons. The molecule has 204 valence electrons. The fraction of sp³-hybridized carbons (Fsp3) is 0. The Morgan fingerprint density at radius 3 is 1.52 bits per heavy atom. The van der Waals surface area contributed by atoms with Crippen molar-refractivity contribution in [3.63, 3.8) is 0 Å². The highest BCUT2D eigenvalue weighted by Crippen LogP contribution is 2.42. The lowest BCUT2D eigenvalue weighted by molar-refractivity contribution is 1.18. The van der Waals surface area contributed by atoms with Crippen molar-refractivity contribution in [2.75, 3.05) is 0 Å². The largest absolute Gasteiger partial charge is 0.309 e. The van der Waals surface area contributed by atoms with Crippen molar-refractivity contribution in [2.24, 2.45) is 0 Å². The zero-order valence-corrected chi connectivity index (χ0v) is 23.9. The molecule has 0 atom stereocenters. The van der Waals surface area contributed by atoms with Crippen LogP contribution in [-0.2, 0) is 0 Å². The van der Waals surface area contributed by atoms with Crippen LogP contribution in [0.2, 0.25) is 0 Å². The number of aromatic nitrogens is 2. The Bertz CT molecular complexity index is 2760. The summed E-state index contributed by atoms with van der Waals surface area (Å²) >= 11 is 0. The van der Waals surface area contributed by atoms with Gasteiger partial charge in [-0.1, -0.05) is 115 Å². The number of hydrogen-bond donors (Lipinski definition) is 0. The first kappa shape index (κ1) is 23.7. The summed E-state index contributed by atoms with van der Waals surface area (Å²) in [5.74, 6) is 0. The molecule has 0 aliphatic carbocycles. The van der Waals surface area contributed by atoms with E-state index in [9.17, 15) is 0 Å². The maximum atomic E-state index is 2.50. The molecule has 8 aromatic carbocycles. The van der Waals surface area contributed by atoms with Crippen LogP contribution in [0.4, 0.5) is 0 Å². The fourth-order valence-corrected chi connectivity index (χ4v) is 7.57. The first-order valence-corrected chi connectivity index (χ1v) is 15.2. The fourth-order valence-electron chi connectivity index (χ4n) is 7.57. The second-order valence-corrected chi connectivity index (χ2v) is 11.8. The molecule has 0 fully saturated rings. The lowest BCUT2D eigenvalue weighted by Gasteiger charge is -2.15. The zero-order valence-electron chi connectivity index (χ0n) is 23.9. The zero-order chi connectivity index (χ0) is 28.8. The molecule has 0 saturated heterocycles. The monoisotopic (exact) mass is 558 g/mol. The molecule has 2 heteroatoms. The molecular weight excluding hydrogens is 532 g/mol. The summed E-state index contributed by atoms with van der Waals surface area (Å²) in [7, 11) is 0. The van der Waals surface area contributed by atoms with Crippen LogP contribution in [0.5, 0.6) is 0 Å². The van der Waals surface area contributed by atoms with Crippen LogP contribution >= 0.6 is 0 Å². The van der Waals surface area contributed by atoms with Gasteiger partial charge in [-0.15, -0.1) is 0 Å². The Labute approximate surface area is 253 Å². The number of fused-ring (bicyclic) bond motifs is 11. The van der Waals surface area contributed by atoms with Gasteiger partial charge >= 0.3 is 0 Å². The van der Waals surface area contributed by atoms with Crippen LogP contribution in [-0.4, -0.2) is 9.13 Å². The lowest BCUT2D eigenvalue weighted by atomic mass is 9.95. The molecule has 10 rings (SSSR count). The van der Waals surface area contributed by atoms with Crippen LogP contribution in [0.3, 0.4) is 0 Å². The number of hydrogen-bond acceptors (Lipinski definition) is 0. The maximum Gasteiger partial charge on any atom is 0.0549 e. The van der Waals surface area contributed by atoms with E-state index in [-0.39, 0.29) is 0 Å². The number of rotatable bonds is 2. The standard InChI is InChI=1S/C42H26N2/c1-2-13-28(14-3-1)43-38-20-10-8-18-33(38)36-26-42-37(25-41(36)43)34-19-9-11-21-39(34)44(42)40-24-35-29-15-5-4-12-27(29)22-23-31(35)30-16-6-7-17-32(30)40/h1-26H. The van der Waals surface area contributed by atoms with Crippen molar-refractivity contribution in [1.82, 2.24) is 9.13 Å². The molecule has 0 saturated carbocycles. The highest BCUT2D eigenvalue weighted by atomic mass is 15.0. The summed E-state index contributed by atoms with van der Waals surface area (Å²) < 4.78 is 4.91. The SMILES string of the molecule is c1ccc(-n2c3ccccc3c3cc4c(cc32)c2ccccc2n4-c2cc3c4ccccc4ccc3c3ccccc23)cc1. The third-order valence-electron chi connectivity index (χ3n) is 9.47. The van der Waals surface area contributed by atoms with Gasteiger partial charge in [-0.05, 0) is 69.4 Å². The third-order valence-corrected chi connectivity index (χ3v) is 9.47. The molecule has 0 N–H and O–H groups in total. The smallest absolute Gasteiger partial charge is 0.0549 e. The number of nitrogens with zero attached hydrogens (tertiary/aromatic N) is 2. The van der Waals surface area contributed by atoms with Crippen molar-refractivity contribution in [1.29, 1.82) is 0 Å². The van der Waals surface area contributed by atoms with Crippen LogP contribution < -0.4 is 0 Å². The van der Waals surface area contributed by atoms with E-state index in [1.165, 1.54) is 87.3 Å². The van der Waals surface area contributed by atoms with Gasteiger partial charge in [0.15, 0.2) is 0 Å². The van der Waals surface area contributed by atoms with Gasteiger partial charge in [-0.25, -0.2) is 0 Å². The van der Waals surface area contributed by atoms with Crippen LogP contribution in [0.25, 0.3) is 87.3 Å². The average molecular weight is 559 g/mol. The minimum absolute atomic E-state index is 1.18.